The number of urea groups is 1. The van der Waals surface area contributed by atoms with Crippen molar-refractivity contribution in [3.8, 4) is 28.7 Å². The molecule has 0 aliphatic carbocycles. The number of amides is 2. The third kappa shape index (κ3) is 8.80. The molecule has 4 rings (SSSR count). The molecule has 2 N–H and O–H groups in total. The summed E-state index contributed by atoms with van der Waals surface area (Å²) < 4.78 is 61.3. The fraction of sp³-hybridized carbons (Fsp3) is 0.424. The number of unbranched alkanes of at least 4 members (excludes halogenated alkanes) is 1. The maximum atomic E-state index is 13.0. The van der Waals surface area contributed by atoms with Crippen molar-refractivity contribution in [1.29, 1.82) is 0 Å². The number of methoxy groups -OCH3 is 4. The summed E-state index contributed by atoms with van der Waals surface area (Å²) in [6.07, 6.45) is 2.02. The lowest BCUT2D eigenvalue weighted by molar-refractivity contribution is -0.0379. The summed E-state index contributed by atoms with van der Waals surface area (Å²) >= 11 is 3.31. The number of halogens is 1. The Morgan fingerprint density at radius 2 is 1.47 bits per heavy atom. The van der Waals surface area contributed by atoms with Crippen LogP contribution in [0.25, 0.3) is 0 Å². The van der Waals surface area contributed by atoms with E-state index in [0.717, 1.165) is 16.5 Å². The maximum Gasteiger partial charge on any atom is 0.345 e. The molecule has 2 amide bonds. The van der Waals surface area contributed by atoms with Crippen molar-refractivity contribution < 1.29 is 46.8 Å². The Hall–Kier alpha value is -3.72. The third-order valence-electron chi connectivity index (χ3n) is 7.72. The van der Waals surface area contributed by atoms with Crippen molar-refractivity contribution in [2.75, 3.05) is 52.7 Å². The summed E-state index contributed by atoms with van der Waals surface area (Å²) in [5.41, 5.74) is 1.74. The number of benzene rings is 3. The number of rotatable bonds is 15. The smallest absolute Gasteiger partial charge is 0.345 e. The summed E-state index contributed by atoms with van der Waals surface area (Å²) in [4.78, 5) is 13.1. The molecular formula is C33H41BrN2O10S. The molecule has 1 fully saturated rings. The summed E-state index contributed by atoms with van der Waals surface area (Å²) in [5, 5.41) is 13.6. The zero-order valence-corrected chi connectivity index (χ0v) is 29.5. The molecule has 1 aliphatic heterocycles. The van der Waals surface area contributed by atoms with Gasteiger partial charge in [0.15, 0.2) is 32.8 Å². The van der Waals surface area contributed by atoms with Gasteiger partial charge in [0, 0.05) is 4.47 Å². The summed E-state index contributed by atoms with van der Waals surface area (Å²) in [6, 6.07) is 12.7. The summed E-state index contributed by atoms with van der Waals surface area (Å²) in [7, 11) is 2.43. The van der Waals surface area contributed by atoms with Gasteiger partial charge in [-0.05, 0) is 78.9 Å². The van der Waals surface area contributed by atoms with Crippen molar-refractivity contribution in [1.82, 2.24) is 5.06 Å². The minimum Gasteiger partial charge on any atom is -0.493 e. The first-order valence-corrected chi connectivity index (χ1v) is 17.5. The summed E-state index contributed by atoms with van der Waals surface area (Å²) in [6.45, 7) is 1.85. The van der Waals surface area contributed by atoms with Gasteiger partial charge in [-0.1, -0.05) is 29.3 Å². The van der Waals surface area contributed by atoms with Crippen LogP contribution in [0.15, 0.2) is 57.9 Å². The second kappa shape index (κ2) is 16.4. The second-order valence-corrected chi connectivity index (χ2v) is 13.8. The van der Waals surface area contributed by atoms with Gasteiger partial charge < -0.3 is 33.7 Å². The minimum atomic E-state index is -3.66. The quantitative estimate of drug-likeness (QED) is 0.124. The van der Waals surface area contributed by atoms with E-state index < -0.39 is 15.9 Å². The van der Waals surface area contributed by atoms with Gasteiger partial charge in [-0.15, -0.1) is 0 Å². The van der Waals surface area contributed by atoms with Gasteiger partial charge in [0.1, 0.15) is 6.61 Å². The van der Waals surface area contributed by atoms with Crippen molar-refractivity contribution in [3.05, 3.63) is 64.1 Å². The molecule has 2 atom stereocenters. The molecule has 2 unspecified atom stereocenters. The Balaban J connectivity index is 1.61. The highest BCUT2D eigenvalue weighted by Gasteiger charge is 2.31. The van der Waals surface area contributed by atoms with Crippen LogP contribution in [0, 0.1) is 0 Å². The number of hydroxylamine groups is 2. The average molecular weight is 738 g/mol. The van der Waals surface area contributed by atoms with Gasteiger partial charge in [0.25, 0.3) is 0 Å². The van der Waals surface area contributed by atoms with Gasteiger partial charge >= 0.3 is 6.03 Å². The Kier molecular flexibility index (Phi) is 12.6. The van der Waals surface area contributed by atoms with Crippen LogP contribution in [0.1, 0.15) is 55.9 Å². The minimum absolute atomic E-state index is 0.124. The van der Waals surface area contributed by atoms with E-state index in [2.05, 4.69) is 21.2 Å². The van der Waals surface area contributed by atoms with E-state index in [1.165, 1.54) is 19.2 Å². The largest absolute Gasteiger partial charge is 0.493 e. The molecule has 1 saturated heterocycles. The van der Waals surface area contributed by atoms with Crippen LogP contribution < -0.4 is 29.0 Å². The highest BCUT2D eigenvalue weighted by molar-refractivity contribution is 9.10. The topological polar surface area (TPSA) is 142 Å². The molecule has 0 radical (unpaired) electrons. The van der Waals surface area contributed by atoms with E-state index in [4.69, 9.17) is 28.4 Å². The lowest BCUT2D eigenvalue weighted by Gasteiger charge is -2.22. The SMILES string of the molecule is CCCCN(O)C(=O)Nc1cc(C2CCC(c3cc(OC)c(OC)c(OC)c3)O2)cc(OC)c1OCCS(=O)(=O)c1ccc(Br)cc1. The van der Waals surface area contributed by atoms with Crippen LogP contribution in [0.5, 0.6) is 28.7 Å². The first-order valence-electron chi connectivity index (χ1n) is 15.1. The Labute approximate surface area is 283 Å². The molecular weight excluding hydrogens is 696 g/mol. The molecule has 1 aliphatic rings. The Bertz CT molecular complexity index is 1610. The van der Waals surface area contributed by atoms with E-state index >= 15 is 0 Å². The Morgan fingerprint density at radius 1 is 0.915 bits per heavy atom. The van der Waals surface area contributed by atoms with E-state index in [1.54, 1.807) is 45.6 Å². The van der Waals surface area contributed by atoms with Crippen LogP contribution >= 0.6 is 15.9 Å². The van der Waals surface area contributed by atoms with E-state index in [0.29, 0.717) is 47.1 Å². The van der Waals surface area contributed by atoms with Crippen LogP contribution in [0.3, 0.4) is 0 Å². The first kappa shape index (κ1) is 36.1. The standard InChI is InChI=1S/C33H41BrN2O10S/c1-6-7-14-36(38)33(37)35-25-17-21(26-12-13-27(46-26)22-19-29(42-3)32(44-5)30(20-22)43-4)18-28(41-2)31(25)45-15-16-47(39,40)24-10-8-23(34)9-11-24/h8-11,17-20,26-27,38H,6-7,12-16H2,1-5H3,(H,35,37). The molecule has 14 heteroatoms. The third-order valence-corrected chi connectivity index (χ3v) is 9.94. The number of nitrogens with one attached hydrogen (secondary N) is 1. The molecule has 0 spiro atoms. The van der Waals surface area contributed by atoms with Crippen molar-refractivity contribution in [2.24, 2.45) is 0 Å². The number of nitrogens with zero attached hydrogens (tertiary/aromatic N) is 1. The molecule has 3 aromatic carbocycles. The number of carbonyl (C=O) groups excluding carboxylic acids is 1. The fourth-order valence-electron chi connectivity index (χ4n) is 5.22. The monoisotopic (exact) mass is 736 g/mol. The number of sulfone groups is 1. The van der Waals surface area contributed by atoms with Gasteiger partial charge in [0.2, 0.25) is 5.75 Å². The fourth-order valence-corrected chi connectivity index (χ4v) is 6.57. The number of anilines is 1. The van der Waals surface area contributed by atoms with Crippen molar-refractivity contribution in [3.63, 3.8) is 0 Å². The van der Waals surface area contributed by atoms with Crippen molar-refractivity contribution >= 4 is 37.5 Å². The predicted octanol–water partition coefficient (Wildman–Crippen LogP) is 6.95. The van der Waals surface area contributed by atoms with Crippen LogP contribution in [-0.4, -0.2) is 72.1 Å². The molecule has 1 heterocycles. The molecule has 0 saturated carbocycles. The lowest BCUT2D eigenvalue weighted by Crippen LogP contribution is -2.33. The summed E-state index contributed by atoms with van der Waals surface area (Å²) in [5.74, 6) is 1.57. The zero-order valence-electron chi connectivity index (χ0n) is 27.1. The van der Waals surface area contributed by atoms with Gasteiger partial charge in [-0.25, -0.2) is 18.3 Å². The maximum absolute atomic E-state index is 13.0. The zero-order chi connectivity index (χ0) is 34.1. The van der Waals surface area contributed by atoms with Crippen LogP contribution in [0.2, 0.25) is 0 Å². The van der Waals surface area contributed by atoms with E-state index in [1.807, 2.05) is 19.1 Å². The van der Waals surface area contributed by atoms with Gasteiger partial charge in [-0.3, -0.25) is 5.21 Å². The average Bonchev–Trinajstić information content (AvgIpc) is 3.57. The van der Waals surface area contributed by atoms with Crippen LogP contribution in [0.4, 0.5) is 10.5 Å². The van der Waals surface area contributed by atoms with Gasteiger partial charge in [-0.2, -0.15) is 0 Å². The lowest BCUT2D eigenvalue weighted by atomic mass is 10.0. The van der Waals surface area contributed by atoms with Crippen molar-refractivity contribution in [2.45, 2.75) is 49.7 Å². The number of carbonyl (C=O) groups is 1. The molecule has 3 aromatic rings. The highest BCUT2D eigenvalue weighted by atomic mass is 79.9. The van der Waals surface area contributed by atoms with Crippen LogP contribution in [-0.2, 0) is 14.6 Å². The molecule has 0 aromatic heterocycles. The van der Waals surface area contributed by atoms with Gasteiger partial charge in [0.05, 0.1) is 63.5 Å². The second-order valence-electron chi connectivity index (χ2n) is 10.8. The first-order chi connectivity index (χ1) is 22.5. The van der Waals surface area contributed by atoms with E-state index in [9.17, 15) is 18.4 Å². The number of hydrogen-bond donors (Lipinski definition) is 2. The molecule has 256 valence electrons. The number of ether oxygens (including phenoxy) is 6. The molecule has 12 nitrogen and oxygen atoms in total. The number of hydrogen-bond acceptors (Lipinski definition) is 10. The predicted molar refractivity (Wildman–Crippen MR) is 179 cm³/mol. The highest BCUT2D eigenvalue weighted by Crippen LogP contribution is 2.48. The molecule has 47 heavy (non-hydrogen) atoms. The van der Waals surface area contributed by atoms with E-state index in [-0.39, 0.29) is 53.2 Å². The Morgan fingerprint density at radius 3 is 2.00 bits per heavy atom. The normalized spacial score (nSPS) is 16.0. The molecule has 0 bridgehead atoms.